The Morgan fingerprint density at radius 2 is 1.91 bits per heavy atom. The Morgan fingerprint density at radius 1 is 1.22 bits per heavy atom. The highest BCUT2D eigenvalue weighted by Crippen LogP contribution is 2.27. The summed E-state index contributed by atoms with van der Waals surface area (Å²) in [5, 5.41) is 0. The van der Waals surface area contributed by atoms with Crippen LogP contribution >= 0.6 is 0 Å². The topological polar surface area (TPSA) is 52.6 Å². The van der Waals surface area contributed by atoms with Crippen LogP contribution in [0.3, 0.4) is 0 Å². The zero-order valence-corrected chi connectivity index (χ0v) is 14.3. The summed E-state index contributed by atoms with van der Waals surface area (Å²) in [5.41, 5.74) is 0.172. The molecular weight excluding hydrogens is 292 g/mol. The van der Waals surface area contributed by atoms with Gasteiger partial charge in [0.2, 0.25) is 0 Å². The van der Waals surface area contributed by atoms with Crippen LogP contribution in [0.5, 0.6) is 5.75 Å². The lowest BCUT2D eigenvalue weighted by Gasteiger charge is -2.23. The van der Waals surface area contributed by atoms with Crippen LogP contribution in [0.2, 0.25) is 0 Å². The molecule has 4 heteroatoms. The molecule has 0 spiro atoms. The average molecular weight is 318 g/mol. The predicted molar refractivity (Wildman–Crippen MR) is 89.1 cm³/mol. The molecule has 0 N–H and O–H groups in total. The van der Waals surface area contributed by atoms with Gasteiger partial charge in [-0.05, 0) is 57.7 Å². The minimum Gasteiger partial charge on any atom is -0.492 e. The van der Waals surface area contributed by atoms with Crippen molar-refractivity contribution >= 4 is 12.3 Å². The predicted octanol–water partition coefficient (Wildman–Crippen LogP) is 4.41. The van der Waals surface area contributed by atoms with E-state index in [0.29, 0.717) is 29.4 Å². The van der Waals surface area contributed by atoms with Crippen LogP contribution in [0.1, 0.15) is 73.6 Å². The Balaban J connectivity index is 2.13. The number of aldehydes is 1. The number of carbonyl (C=O) groups is 2. The number of carbonyl (C=O) groups excluding carboxylic acids is 2. The van der Waals surface area contributed by atoms with Gasteiger partial charge < -0.3 is 9.47 Å². The molecule has 23 heavy (non-hydrogen) atoms. The average Bonchev–Trinajstić information content (AvgIpc) is 2.52. The van der Waals surface area contributed by atoms with E-state index >= 15 is 0 Å². The summed E-state index contributed by atoms with van der Waals surface area (Å²) >= 11 is 0. The van der Waals surface area contributed by atoms with E-state index in [4.69, 9.17) is 9.47 Å². The number of ether oxygens (including phenoxy) is 2. The number of hydrogen-bond acceptors (Lipinski definition) is 4. The molecule has 1 saturated carbocycles. The molecule has 1 aliphatic rings. The van der Waals surface area contributed by atoms with Gasteiger partial charge in [-0.15, -0.1) is 0 Å². The lowest BCUT2D eigenvalue weighted by Crippen LogP contribution is -2.24. The van der Waals surface area contributed by atoms with E-state index in [1.807, 2.05) is 20.8 Å². The van der Waals surface area contributed by atoms with Crippen LogP contribution < -0.4 is 4.74 Å². The molecular formula is C19H26O4. The van der Waals surface area contributed by atoms with Crippen molar-refractivity contribution in [1.29, 1.82) is 0 Å². The maximum absolute atomic E-state index is 12.4. The number of esters is 1. The lowest BCUT2D eigenvalue weighted by atomic mass is 9.90. The summed E-state index contributed by atoms with van der Waals surface area (Å²) in [4.78, 5) is 23.4. The van der Waals surface area contributed by atoms with E-state index in [-0.39, 0.29) is 0 Å². The fourth-order valence-electron chi connectivity index (χ4n) is 2.80. The maximum Gasteiger partial charge on any atom is 0.342 e. The molecule has 1 aromatic carbocycles. The van der Waals surface area contributed by atoms with Crippen molar-refractivity contribution in [3.8, 4) is 5.75 Å². The van der Waals surface area contributed by atoms with Gasteiger partial charge in [0, 0.05) is 5.56 Å². The summed E-state index contributed by atoms with van der Waals surface area (Å²) in [6.07, 6.45) is 6.86. The molecule has 1 aromatic rings. The molecule has 0 unspecified atom stereocenters. The van der Waals surface area contributed by atoms with Crippen LogP contribution in [-0.2, 0) is 4.74 Å². The molecule has 4 nitrogen and oxygen atoms in total. The fourth-order valence-corrected chi connectivity index (χ4v) is 2.80. The van der Waals surface area contributed by atoms with Gasteiger partial charge in [-0.1, -0.05) is 19.3 Å². The summed E-state index contributed by atoms with van der Waals surface area (Å²) in [6.45, 7) is 6.06. The van der Waals surface area contributed by atoms with Crippen LogP contribution in [0.15, 0.2) is 18.2 Å². The smallest absolute Gasteiger partial charge is 0.342 e. The zero-order chi connectivity index (χ0) is 16.9. The van der Waals surface area contributed by atoms with E-state index in [9.17, 15) is 9.59 Å². The molecule has 1 fully saturated rings. The van der Waals surface area contributed by atoms with Gasteiger partial charge in [0.25, 0.3) is 0 Å². The third-order valence-corrected chi connectivity index (χ3v) is 3.96. The monoisotopic (exact) mass is 318 g/mol. The first-order valence-electron chi connectivity index (χ1n) is 8.34. The van der Waals surface area contributed by atoms with Gasteiger partial charge in [0.1, 0.15) is 23.2 Å². The minimum atomic E-state index is -0.588. The van der Waals surface area contributed by atoms with Gasteiger partial charge in [0.15, 0.2) is 0 Å². The first-order valence-corrected chi connectivity index (χ1v) is 8.34. The highest BCUT2D eigenvalue weighted by molar-refractivity contribution is 5.94. The SMILES string of the molecule is CC(C)(C)OC(=O)c1cc(C=O)ccc1OCC1CCCCC1. The van der Waals surface area contributed by atoms with Gasteiger partial charge in [0.05, 0.1) is 6.61 Å². The van der Waals surface area contributed by atoms with E-state index in [0.717, 1.165) is 6.29 Å². The van der Waals surface area contributed by atoms with Crippen molar-refractivity contribution in [3.63, 3.8) is 0 Å². The van der Waals surface area contributed by atoms with Crippen LogP contribution in [0, 0.1) is 5.92 Å². The third-order valence-electron chi connectivity index (χ3n) is 3.96. The molecule has 2 rings (SSSR count). The van der Waals surface area contributed by atoms with Gasteiger partial charge in [-0.3, -0.25) is 4.79 Å². The second-order valence-electron chi connectivity index (χ2n) is 7.19. The summed E-state index contributed by atoms with van der Waals surface area (Å²) < 4.78 is 11.3. The molecule has 0 saturated heterocycles. The molecule has 0 bridgehead atoms. The summed E-state index contributed by atoms with van der Waals surface area (Å²) in [5.74, 6) is 0.580. The zero-order valence-electron chi connectivity index (χ0n) is 14.3. The Bertz CT molecular complexity index is 551. The normalized spacial score (nSPS) is 16.0. The molecule has 0 amide bonds. The van der Waals surface area contributed by atoms with Gasteiger partial charge >= 0.3 is 5.97 Å². The van der Waals surface area contributed by atoms with Gasteiger partial charge in [-0.2, -0.15) is 0 Å². The first-order chi connectivity index (χ1) is 10.9. The quantitative estimate of drug-likeness (QED) is 0.596. The van der Waals surface area contributed by atoms with Crippen molar-refractivity contribution < 1.29 is 19.1 Å². The Kier molecular flexibility index (Phi) is 5.80. The summed E-state index contributed by atoms with van der Waals surface area (Å²) in [6, 6.07) is 4.89. The van der Waals surface area contributed by atoms with E-state index in [2.05, 4.69) is 0 Å². The van der Waals surface area contributed by atoms with Crippen molar-refractivity contribution in [1.82, 2.24) is 0 Å². The second-order valence-corrected chi connectivity index (χ2v) is 7.19. The van der Waals surface area contributed by atoms with Crippen molar-refractivity contribution in [2.24, 2.45) is 5.92 Å². The van der Waals surface area contributed by atoms with E-state index < -0.39 is 11.6 Å². The number of hydrogen-bond donors (Lipinski definition) is 0. The molecule has 0 aromatic heterocycles. The molecule has 0 heterocycles. The second kappa shape index (κ2) is 7.62. The Hall–Kier alpha value is -1.84. The fraction of sp³-hybridized carbons (Fsp3) is 0.579. The molecule has 0 atom stereocenters. The highest BCUT2D eigenvalue weighted by Gasteiger charge is 2.22. The molecule has 0 radical (unpaired) electrons. The lowest BCUT2D eigenvalue weighted by molar-refractivity contribution is 0.00650. The Morgan fingerprint density at radius 3 is 2.52 bits per heavy atom. The first kappa shape index (κ1) is 17.5. The standard InChI is InChI=1S/C19H26O4/c1-19(2,3)23-18(21)16-11-15(12-20)9-10-17(16)22-13-14-7-5-4-6-8-14/h9-12,14H,4-8,13H2,1-3H3. The van der Waals surface area contributed by atoms with Crippen molar-refractivity contribution in [2.45, 2.75) is 58.5 Å². The van der Waals surface area contributed by atoms with E-state index in [1.54, 1.807) is 12.1 Å². The Labute approximate surface area is 138 Å². The maximum atomic E-state index is 12.4. The van der Waals surface area contributed by atoms with Crippen LogP contribution in [-0.4, -0.2) is 24.5 Å². The van der Waals surface area contributed by atoms with E-state index in [1.165, 1.54) is 38.2 Å². The third kappa shape index (κ3) is 5.38. The molecule has 1 aliphatic carbocycles. The molecule has 0 aliphatic heterocycles. The number of rotatable bonds is 5. The van der Waals surface area contributed by atoms with Crippen LogP contribution in [0.4, 0.5) is 0 Å². The largest absolute Gasteiger partial charge is 0.492 e. The summed E-state index contributed by atoms with van der Waals surface area (Å²) in [7, 11) is 0. The number of benzene rings is 1. The van der Waals surface area contributed by atoms with Crippen LogP contribution in [0.25, 0.3) is 0 Å². The minimum absolute atomic E-state index is 0.320. The molecule has 126 valence electrons. The van der Waals surface area contributed by atoms with Crippen molar-refractivity contribution in [2.75, 3.05) is 6.61 Å². The highest BCUT2D eigenvalue weighted by atomic mass is 16.6. The van der Waals surface area contributed by atoms with Crippen molar-refractivity contribution in [3.05, 3.63) is 29.3 Å². The van der Waals surface area contributed by atoms with Gasteiger partial charge in [-0.25, -0.2) is 4.79 Å².